The molecule has 1 rings (SSSR count). The molecule has 2 N–H and O–H groups in total. The second-order valence-corrected chi connectivity index (χ2v) is 6.59. The zero-order valence-corrected chi connectivity index (χ0v) is 12.1. The zero-order valence-electron chi connectivity index (χ0n) is 11.3. The lowest BCUT2D eigenvalue weighted by atomic mass is 10.1. The van der Waals surface area contributed by atoms with E-state index in [1.54, 1.807) is 25.1 Å². The van der Waals surface area contributed by atoms with Crippen LogP contribution >= 0.6 is 0 Å². The summed E-state index contributed by atoms with van der Waals surface area (Å²) in [6.07, 6.45) is 0.250. The van der Waals surface area contributed by atoms with E-state index >= 15 is 0 Å². The van der Waals surface area contributed by atoms with Crippen molar-refractivity contribution >= 4 is 16.0 Å². The Hall–Kier alpha value is -1.40. The lowest BCUT2D eigenvalue weighted by Gasteiger charge is -2.17. The van der Waals surface area contributed by atoms with Crippen LogP contribution in [-0.4, -0.2) is 25.5 Å². The summed E-state index contributed by atoms with van der Waals surface area (Å²) in [6, 6.07) is 5.37. The minimum atomic E-state index is -3.81. The fourth-order valence-electron chi connectivity index (χ4n) is 1.78. The first-order chi connectivity index (χ1) is 8.74. The molecule has 0 radical (unpaired) electrons. The van der Waals surface area contributed by atoms with Crippen LogP contribution in [0.2, 0.25) is 0 Å². The SMILES string of the molecule is Cc1ccccc1S(=O)(=O)N[C@H](CC(C)C)C(=O)O. The maximum absolute atomic E-state index is 12.2. The van der Waals surface area contributed by atoms with Gasteiger partial charge in [-0.2, -0.15) is 4.72 Å². The van der Waals surface area contributed by atoms with E-state index in [2.05, 4.69) is 4.72 Å². The monoisotopic (exact) mass is 285 g/mol. The average molecular weight is 285 g/mol. The first kappa shape index (κ1) is 15.7. The Labute approximate surface area is 113 Å². The summed E-state index contributed by atoms with van der Waals surface area (Å²) >= 11 is 0. The fraction of sp³-hybridized carbons (Fsp3) is 0.462. The Morgan fingerprint density at radius 3 is 2.37 bits per heavy atom. The minimum absolute atomic E-state index is 0.0840. The summed E-state index contributed by atoms with van der Waals surface area (Å²) < 4.78 is 26.6. The van der Waals surface area contributed by atoms with Crippen LogP contribution in [0.4, 0.5) is 0 Å². The molecule has 0 aliphatic carbocycles. The third-order valence-electron chi connectivity index (χ3n) is 2.69. The number of hydrogen-bond acceptors (Lipinski definition) is 3. The van der Waals surface area contributed by atoms with Crippen LogP contribution in [0, 0.1) is 12.8 Å². The molecule has 0 aromatic heterocycles. The maximum Gasteiger partial charge on any atom is 0.321 e. The Morgan fingerprint density at radius 2 is 1.89 bits per heavy atom. The molecule has 5 nitrogen and oxygen atoms in total. The molecule has 0 saturated heterocycles. The van der Waals surface area contributed by atoms with Gasteiger partial charge in [0, 0.05) is 0 Å². The Morgan fingerprint density at radius 1 is 1.32 bits per heavy atom. The van der Waals surface area contributed by atoms with Gasteiger partial charge in [0.05, 0.1) is 4.90 Å². The molecule has 1 aromatic carbocycles. The molecule has 0 spiro atoms. The molecule has 0 unspecified atom stereocenters. The number of rotatable bonds is 6. The number of aliphatic carboxylic acids is 1. The topological polar surface area (TPSA) is 83.5 Å². The summed E-state index contributed by atoms with van der Waals surface area (Å²) in [6.45, 7) is 5.36. The third-order valence-corrected chi connectivity index (χ3v) is 4.32. The van der Waals surface area contributed by atoms with E-state index < -0.39 is 22.0 Å². The van der Waals surface area contributed by atoms with Crippen molar-refractivity contribution in [1.82, 2.24) is 4.72 Å². The van der Waals surface area contributed by atoms with Crippen molar-refractivity contribution in [3.8, 4) is 0 Å². The van der Waals surface area contributed by atoms with Crippen LogP contribution in [-0.2, 0) is 14.8 Å². The largest absolute Gasteiger partial charge is 0.480 e. The van der Waals surface area contributed by atoms with Gasteiger partial charge in [-0.1, -0.05) is 32.0 Å². The van der Waals surface area contributed by atoms with Crippen LogP contribution in [0.25, 0.3) is 0 Å². The standard InChI is InChI=1S/C13H19NO4S/c1-9(2)8-11(13(15)16)14-19(17,18)12-7-5-4-6-10(12)3/h4-7,9,11,14H,8H2,1-3H3,(H,15,16)/t11-/m1/s1. The normalized spacial score (nSPS) is 13.5. The Bertz CT molecular complexity index is 552. The molecule has 19 heavy (non-hydrogen) atoms. The van der Waals surface area contributed by atoms with Gasteiger partial charge in [0.1, 0.15) is 6.04 Å². The lowest BCUT2D eigenvalue weighted by Crippen LogP contribution is -2.41. The van der Waals surface area contributed by atoms with Gasteiger partial charge in [0.15, 0.2) is 0 Å². The molecular weight excluding hydrogens is 266 g/mol. The molecule has 0 amide bonds. The molecule has 106 valence electrons. The molecule has 0 bridgehead atoms. The molecule has 0 fully saturated rings. The van der Waals surface area contributed by atoms with E-state index in [1.807, 2.05) is 13.8 Å². The van der Waals surface area contributed by atoms with Gasteiger partial charge in [-0.3, -0.25) is 4.79 Å². The Balaban J connectivity index is 3.01. The molecule has 1 aromatic rings. The first-order valence-electron chi connectivity index (χ1n) is 6.05. The van der Waals surface area contributed by atoms with E-state index in [-0.39, 0.29) is 17.2 Å². The second kappa shape index (κ2) is 6.16. The number of nitrogens with one attached hydrogen (secondary N) is 1. The molecular formula is C13H19NO4S. The molecule has 0 saturated carbocycles. The van der Waals surface area contributed by atoms with E-state index in [0.717, 1.165) is 0 Å². The number of benzene rings is 1. The van der Waals surface area contributed by atoms with Crippen LogP contribution in [0.15, 0.2) is 29.2 Å². The fourth-order valence-corrected chi connectivity index (χ4v) is 3.23. The van der Waals surface area contributed by atoms with Gasteiger partial charge in [0.2, 0.25) is 10.0 Å². The van der Waals surface area contributed by atoms with Gasteiger partial charge >= 0.3 is 5.97 Å². The second-order valence-electron chi connectivity index (χ2n) is 4.91. The van der Waals surface area contributed by atoms with Gasteiger partial charge in [-0.05, 0) is 30.9 Å². The predicted molar refractivity (Wildman–Crippen MR) is 72.4 cm³/mol. The number of carboxylic acid groups (broad SMARTS) is 1. The summed E-state index contributed by atoms with van der Waals surface area (Å²) in [5.74, 6) is -1.08. The predicted octanol–water partition coefficient (Wildman–Crippen LogP) is 1.77. The smallest absolute Gasteiger partial charge is 0.321 e. The summed E-state index contributed by atoms with van der Waals surface area (Å²) in [4.78, 5) is 11.2. The van der Waals surface area contributed by atoms with E-state index in [4.69, 9.17) is 5.11 Å². The average Bonchev–Trinajstić information content (AvgIpc) is 2.27. The van der Waals surface area contributed by atoms with Crippen LogP contribution < -0.4 is 4.72 Å². The molecule has 0 aliphatic rings. The lowest BCUT2D eigenvalue weighted by molar-refractivity contribution is -0.139. The van der Waals surface area contributed by atoms with Crippen molar-refractivity contribution in [2.75, 3.05) is 0 Å². The molecule has 1 atom stereocenters. The van der Waals surface area contributed by atoms with E-state index in [1.165, 1.54) is 6.07 Å². The van der Waals surface area contributed by atoms with E-state index in [9.17, 15) is 13.2 Å². The van der Waals surface area contributed by atoms with Crippen molar-refractivity contribution in [2.45, 2.75) is 38.1 Å². The Kier molecular flexibility index (Phi) is 5.08. The van der Waals surface area contributed by atoms with Crippen LogP contribution in [0.3, 0.4) is 0 Å². The zero-order chi connectivity index (χ0) is 14.6. The highest BCUT2D eigenvalue weighted by molar-refractivity contribution is 7.89. The van der Waals surface area contributed by atoms with Gasteiger partial charge < -0.3 is 5.11 Å². The van der Waals surface area contributed by atoms with Crippen molar-refractivity contribution in [3.05, 3.63) is 29.8 Å². The van der Waals surface area contributed by atoms with Gasteiger partial charge in [-0.25, -0.2) is 8.42 Å². The first-order valence-corrected chi connectivity index (χ1v) is 7.53. The summed E-state index contributed by atoms with van der Waals surface area (Å²) in [7, 11) is -3.81. The highest BCUT2D eigenvalue weighted by atomic mass is 32.2. The third kappa shape index (κ3) is 4.33. The van der Waals surface area contributed by atoms with Crippen molar-refractivity contribution in [1.29, 1.82) is 0 Å². The molecule has 0 heterocycles. The van der Waals surface area contributed by atoms with Crippen LogP contribution in [0.5, 0.6) is 0 Å². The molecule has 6 heteroatoms. The highest BCUT2D eigenvalue weighted by Gasteiger charge is 2.26. The number of hydrogen-bond donors (Lipinski definition) is 2. The quantitative estimate of drug-likeness (QED) is 0.834. The highest BCUT2D eigenvalue weighted by Crippen LogP contribution is 2.16. The van der Waals surface area contributed by atoms with Gasteiger partial charge in [0.25, 0.3) is 0 Å². The maximum atomic E-state index is 12.2. The van der Waals surface area contributed by atoms with E-state index in [0.29, 0.717) is 5.56 Å². The number of sulfonamides is 1. The van der Waals surface area contributed by atoms with Crippen molar-refractivity contribution in [2.24, 2.45) is 5.92 Å². The molecule has 0 aliphatic heterocycles. The summed E-state index contributed by atoms with van der Waals surface area (Å²) in [5, 5.41) is 9.07. The minimum Gasteiger partial charge on any atom is -0.480 e. The van der Waals surface area contributed by atoms with Gasteiger partial charge in [-0.15, -0.1) is 0 Å². The van der Waals surface area contributed by atoms with Crippen molar-refractivity contribution in [3.63, 3.8) is 0 Å². The number of carboxylic acids is 1. The number of carbonyl (C=O) groups is 1. The van der Waals surface area contributed by atoms with Crippen molar-refractivity contribution < 1.29 is 18.3 Å². The number of aryl methyl sites for hydroxylation is 1. The van der Waals surface area contributed by atoms with Crippen LogP contribution in [0.1, 0.15) is 25.8 Å². The summed E-state index contributed by atoms with van der Waals surface area (Å²) in [5.41, 5.74) is 0.587.